The molecule has 0 spiro atoms. The van der Waals surface area contributed by atoms with Gasteiger partial charge in [-0.1, -0.05) is 23.2 Å². The molecule has 2 heterocycles. The molecule has 10 heteroatoms. The van der Waals surface area contributed by atoms with Crippen molar-refractivity contribution in [3.05, 3.63) is 20.3 Å². The molecule has 2 N–H and O–H groups in total. The molecule has 1 aromatic heterocycles. The standard InChI is InChI=1S/C11H14Cl2N2O4S2/c1-19-8-5-21(17,18)4-7(8)15-11(16)14-3-6-2-9(12)20-10(6)13/h2,7-8H,3-5H2,1H3,(H2,14,15,16). The van der Waals surface area contributed by atoms with Crippen LogP contribution in [0.1, 0.15) is 5.56 Å². The van der Waals surface area contributed by atoms with Crippen LogP contribution in [0, 0.1) is 0 Å². The highest BCUT2D eigenvalue weighted by Gasteiger charge is 2.38. The fraction of sp³-hybridized carbons (Fsp3) is 0.545. The molecule has 1 fully saturated rings. The van der Waals surface area contributed by atoms with E-state index in [1.807, 2.05) is 0 Å². The number of urea groups is 1. The second-order valence-electron chi connectivity index (χ2n) is 4.63. The lowest BCUT2D eigenvalue weighted by molar-refractivity contribution is 0.101. The van der Waals surface area contributed by atoms with Gasteiger partial charge in [-0.3, -0.25) is 0 Å². The fourth-order valence-electron chi connectivity index (χ4n) is 2.07. The minimum atomic E-state index is -3.18. The van der Waals surface area contributed by atoms with Gasteiger partial charge in [-0.25, -0.2) is 13.2 Å². The summed E-state index contributed by atoms with van der Waals surface area (Å²) >= 11 is 13.0. The van der Waals surface area contributed by atoms with Crippen LogP contribution in [0.25, 0.3) is 0 Å². The molecule has 2 unspecified atom stereocenters. The van der Waals surface area contributed by atoms with Gasteiger partial charge < -0.3 is 15.4 Å². The molecule has 0 aliphatic carbocycles. The first-order valence-corrected chi connectivity index (χ1v) is 9.41. The van der Waals surface area contributed by atoms with Crippen molar-refractivity contribution in [1.82, 2.24) is 10.6 Å². The number of sulfone groups is 1. The zero-order chi connectivity index (χ0) is 15.6. The molecule has 1 aliphatic rings. The van der Waals surface area contributed by atoms with E-state index in [2.05, 4.69) is 10.6 Å². The molecule has 2 atom stereocenters. The van der Waals surface area contributed by atoms with Crippen LogP contribution in [-0.4, -0.2) is 45.2 Å². The van der Waals surface area contributed by atoms with Crippen LogP contribution in [0.3, 0.4) is 0 Å². The van der Waals surface area contributed by atoms with E-state index < -0.39 is 28.0 Å². The van der Waals surface area contributed by atoms with Crippen molar-refractivity contribution in [2.24, 2.45) is 0 Å². The van der Waals surface area contributed by atoms with Gasteiger partial charge in [0.2, 0.25) is 0 Å². The average Bonchev–Trinajstić information content (AvgIpc) is 2.85. The van der Waals surface area contributed by atoms with E-state index in [-0.39, 0.29) is 18.1 Å². The number of ether oxygens (including phenoxy) is 1. The third-order valence-electron chi connectivity index (χ3n) is 3.09. The lowest BCUT2D eigenvalue weighted by Crippen LogP contribution is -2.47. The molecule has 0 bridgehead atoms. The van der Waals surface area contributed by atoms with Crippen LogP contribution in [0.5, 0.6) is 0 Å². The quantitative estimate of drug-likeness (QED) is 0.841. The minimum Gasteiger partial charge on any atom is -0.378 e. The summed E-state index contributed by atoms with van der Waals surface area (Å²) in [5, 5.41) is 5.22. The predicted octanol–water partition coefficient (Wildman–Crippen LogP) is 1.67. The van der Waals surface area contributed by atoms with Gasteiger partial charge in [-0.15, -0.1) is 11.3 Å². The molecule has 1 aromatic rings. The molecule has 6 nitrogen and oxygen atoms in total. The van der Waals surface area contributed by atoms with E-state index in [1.54, 1.807) is 6.07 Å². The molecule has 2 amide bonds. The molecule has 1 saturated heterocycles. The number of nitrogens with one attached hydrogen (secondary N) is 2. The van der Waals surface area contributed by atoms with Crippen LogP contribution in [-0.2, 0) is 21.1 Å². The summed E-state index contributed by atoms with van der Waals surface area (Å²) in [6.45, 7) is 0.213. The van der Waals surface area contributed by atoms with Crippen LogP contribution in [0.4, 0.5) is 4.79 Å². The summed E-state index contributed by atoms with van der Waals surface area (Å²) in [5.41, 5.74) is 0.712. The molecule has 0 radical (unpaired) electrons. The maximum Gasteiger partial charge on any atom is 0.315 e. The van der Waals surface area contributed by atoms with E-state index in [1.165, 1.54) is 18.4 Å². The van der Waals surface area contributed by atoms with E-state index in [4.69, 9.17) is 27.9 Å². The number of carbonyl (C=O) groups excluding carboxylic acids is 1. The summed E-state index contributed by atoms with van der Waals surface area (Å²) in [6.07, 6.45) is -0.528. The highest BCUT2D eigenvalue weighted by atomic mass is 35.5. The number of hydrogen-bond acceptors (Lipinski definition) is 5. The highest BCUT2D eigenvalue weighted by molar-refractivity contribution is 7.91. The second kappa shape index (κ2) is 6.70. The Balaban J connectivity index is 1.88. The van der Waals surface area contributed by atoms with Crippen LogP contribution in [0.15, 0.2) is 6.07 Å². The summed E-state index contributed by atoms with van der Waals surface area (Å²) in [7, 11) is -1.76. The molecule has 0 saturated carbocycles. The monoisotopic (exact) mass is 372 g/mol. The van der Waals surface area contributed by atoms with Crippen molar-refractivity contribution >= 4 is 50.4 Å². The Morgan fingerprint density at radius 3 is 2.76 bits per heavy atom. The zero-order valence-electron chi connectivity index (χ0n) is 11.1. The Morgan fingerprint density at radius 2 is 2.19 bits per heavy atom. The summed E-state index contributed by atoms with van der Waals surface area (Å²) in [6, 6.07) is 0.645. The Morgan fingerprint density at radius 1 is 1.48 bits per heavy atom. The van der Waals surface area contributed by atoms with E-state index in [0.29, 0.717) is 14.2 Å². The van der Waals surface area contributed by atoms with Crippen molar-refractivity contribution in [1.29, 1.82) is 0 Å². The van der Waals surface area contributed by atoms with E-state index >= 15 is 0 Å². The third-order valence-corrected chi connectivity index (χ3v) is 6.36. The number of amides is 2. The smallest absolute Gasteiger partial charge is 0.315 e. The normalized spacial score (nSPS) is 24.0. The van der Waals surface area contributed by atoms with Crippen LogP contribution >= 0.6 is 34.5 Å². The van der Waals surface area contributed by atoms with Crippen LogP contribution < -0.4 is 10.6 Å². The van der Waals surface area contributed by atoms with Gasteiger partial charge in [0.05, 0.1) is 32.3 Å². The second-order valence-corrected chi connectivity index (χ2v) is 9.07. The highest BCUT2D eigenvalue weighted by Crippen LogP contribution is 2.30. The van der Waals surface area contributed by atoms with Gasteiger partial charge in [0, 0.05) is 19.2 Å². The third kappa shape index (κ3) is 4.46. The van der Waals surface area contributed by atoms with Gasteiger partial charge in [0.15, 0.2) is 9.84 Å². The van der Waals surface area contributed by atoms with Crippen LogP contribution in [0.2, 0.25) is 8.67 Å². The van der Waals surface area contributed by atoms with Gasteiger partial charge in [-0.2, -0.15) is 0 Å². The summed E-state index contributed by atoms with van der Waals surface area (Å²) in [5.74, 6) is -0.204. The molecule has 2 rings (SSSR count). The van der Waals surface area contributed by atoms with Gasteiger partial charge in [-0.05, 0) is 6.07 Å². The summed E-state index contributed by atoms with van der Waals surface area (Å²) < 4.78 is 29.2. The molecule has 1 aliphatic heterocycles. The van der Waals surface area contributed by atoms with Crippen molar-refractivity contribution in [3.8, 4) is 0 Å². The minimum absolute atomic E-state index is 0.0829. The number of carbonyl (C=O) groups is 1. The maximum atomic E-state index is 11.8. The largest absolute Gasteiger partial charge is 0.378 e. The maximum absolute atomic E-state index is 11.8. The summed E-state index contributed by atoms with van der Waals surface area (Å²) in [4.78, 5) is 11.8. The van der Waals surface area contributed by atoms with Crippen molar-refractivity contribution in [2.75, 3.05) is 18.6 Å². The molecule has 118 valence electrons. The first-order chi connectivity index (χ1) is 9.80. The molecule has 0 aromatic carbocycles. The molecular weight excluding hydrogens is 359 g/mol. The Kier molecular flexibility index (Phi) is 5.37. The van der Waals surface area contributed by atoms with E-state index in [9.17, 15) is 13.2 Å². The van der Waals surface area contributed by atoms with Crippen molar-refractivity contribution < 1.29 is 17.9 Å². The Hall–Kier alpha value is -0.540. The number of halogens is 2. The Labute approximate surface area is 136 Å². The number of thiophene rings is 1. The fourth-order valence-corrected chi connectivity index (χ4v) is 5.41. The van der Waals surface area contributed by atoms with E-state index in [0.717, 1.165) is 0 Å². The average molecular weight is 373 g/mol. The molecular formula is C11H14Cl2N2O4S2. The topological polar surface area (TPSA) is 84.5 Å². The zero-order valence-corrected chi connectivity index (χ0v) is 14.2. The van der Waals surface area contributed by atoms with Crippen molar-refractivity contribution in [3.63, 3.8) is 0 Å². The first kappa shape index (κ1) is 16.8. The molecule has 21 heavy (non-hydrogen) atoms. The SMILES string of the molecule is COC1CS(=O)(=O)CC1NC(=O)NCc1cc(Cl)sc1Cl. The van der Waals surface area contributed by atoms with Gasteiger partial charge in [0.25, 0.3) is 0 Å². The number of methoxy groups -OCH3 is 1. The van der Waals surface area contributed by atoms with Gasteiger partial charge in [0.1, 0.15) is 0 Å². The first-order valence-electron chi connectivity index (χ1n) is 6.02. The lowest BCUT2D eigenvalue weighted by Gasteiger charge is -2.18. The van der Waals surface area contributed by atoms with Gasteiger partial charge >= 0.3 is 6.03 Å². The number of rotatable bonds is 4. The Bertz CT molecular complexity index is 632. The lowest BCUT2D eigenvalue weighted by atomic mass is 10.2. The number of hydrogen-bond donors (Lipinski definition) is 2. The predicted molar refractivity (Wildman–Crippen MR) is 82.9 cm³/mol. The van der Waals surface area contributed by atoms with Crippen molar-refractivity contribution in [2.45, 2.75) is 18.7 Å².